The van der Waals surface area contributed by atoms with Gasteiger partial charge in [-0.25, -0.2) is 0 Å². The topological polar surface area (TPSA) is 43.1 Å². The molecule has 0 fully saturated rings. The van der Waals surface area contributed by atoms with Crippen molar-refractivity contribution in [1.82, 2.24) is 0 Å². The van der Waals surface area contributed by atoms with Crippen molar-refractivity contribution in [3.8, 4) is 0 Å². The SMILES string of the molecule is C[C@@H](N)CC(=O)CC(F)(F)F. The molecule has 2 N–H and O–H groups in total. The van der Waals surface area contributed by atoms with E-state index in [1.54, 1.807) is 0 Å². The number of halogens is 3. The Balaban J connectivity index is 3.71. The summed E-state index contributed by atoms with van der Waals surface area (Å²) in [5.41, 5.74) is 5.12. The molecule has 2 nitrogen and oxygen atoms in total. The molecule has 0 aliphatic rings. The molecule has 0 aromatic rings. The Bertz CT molecular complexity index is 141. The van der Waals surface area contributed by atoms with Gasteiger partial charge in [-0.15, -0.1) is 0 Å². The van der Waals surface area contributed by atoms with Crippen LogP contribution in [-0.2, 0) is 4.79 Å². The molecule has 0 heterocycles. The van der Waals surface area contributed by atoms with Crippen LogP contribution in [0.15, 0.2) is 0 Å². The van der Waals surface area contributed by atoms with Crippen LogP contribution in [0.4, 0.5) is 13.2 Å². The summed E-state index contributed by atoms with van der Waals surface area (Å²) in [7, 11) is 0. The van der Waals surface area contributed by atoms with Crippen LogP contribution in [0.1, 0.15) is 19.8 Å². The second kappa shape index (κ2) is 3.71. The molecule has 0 saturated heterocycles. The van der Waals surface area contributed by atoms with Gasteiger partial charge in [0.05, 0.1) is 0 Å². The van der Waals surface area contributed by atoms with Crippen molar-refractivity contribution in [2.45, 2.75) is 32.0 Å². The average Bonchev–Trinajstić information content (AvgIpc) is 1.53. The third-order valence-electron chi connectivity index (χ3n) is 0.947. The van der Waals surface area contributed by atoms with Crippen molar-refractivity contribution in [2.24, 2.45) is 5.73 Å². The molecule has 0 aliphatic carbocycles. The number of hydrogen-bond acceptors (Lipinski definition) is 2. The van der Waals surface area contributed by atoms with E-state index in [9.17, 15) is 18.0 Å². The molecule has 0 saturated carbocycles. The molecule has 0 aromatic carbocycles. The normalized spacial score (nSPS) is 14.6. The molecular weight excluding hydrogens is 159 g/mol. The lowest BCUT2D eigenvalue weighted by Crippen LogP contribution is -2.23. The van der Waals surface area contributed by atoms with Crippen LogP contribution in [0, 0.1) is 0 Å². The minimum atomic E-state index is -4.40. The molecule has 0 amide bonds. The van der Waals surface area contributed by atoms with E-state index in [0.717, 1.165) is 0 Å². The minimum absolute atomic E-state index is 0.209. The summed E-state index contributed by atoms with van der Waals surface area (Å²) >= 11 is 0. The molecule has 0 aromatic heterocycles. The molecule has 0 aliphatic heterocycles. The van der Waals surface area contributed by atoms with Crippen molar-refractivity contribution < 1.29 is 18.0 Å². The van der Waals surface area contributed by atoms with Gasteiger partial charge in [0.15, 0.2) is 0 Å². The van der Waals surface area contributed by atoms with E-state index < -0.39 is 24.4 Å². The lowest BCUT2D eigenvalue weighted by atomic mass is 10.1. The van der Waals surface area contributed by atoms with E-state index in [1.165, 1.54) is 6.92 Å². The zero-order valence-electron chi connectivity index (χ0n) is 6.11. The molecule has 5 heteroatoms. The first-order valence-corrected chi connectivity index (χ1v) is 3.15. The fourth-order valence-corrected chi connectivity index (χ4v) is 0.655. The van der Waals surface area contributed by atoms with E-state index in [1.807, 2.05) is 0 Å². The van der Waals surface area contributed by atoms with Gasteiger partial charge in [-0.1, -0.05) is 0 Å². The fourth-order valence-electron chi connectivity index (χ4n) is 0.655. The first kappa shape index (κ1) is 10.4. The molecular formula is C6H10F3NO. The molecule has 0 bridgehead atoms. The number of Topliss-reactive ketones (excluding diaryl/α,β-unsaturated/α-hetero) is 1. The predicted octanol–water partition coefficient (Wildman–Crippen LogP) is 1.25. The molecule has 66 valence electrons. The summed E-state index contributed by atoms with van der Waals surface area (Å²) in [5, 5.41) is 0. The highest BCUT2D eigenvalue weighted by Gasteiger charge is 2.30. The summed E-state index contributed by atoms with van der Waals surface area (Å²) in [5.74, 6) is -0.854. The summed E-state index contributed by atoms with van der Waals surface area (Å²) < 4.78 is 34.5. The van der Waals surface area contributed by atoms with Crippen molar-refractivity contribution in [3.63, 3.8) is 0 Å². The first-order valence-electron chi connectivity index (χ1n) is 3.15. The van der Waals surface area contributed by atoms with Crippen LogP contribution >= 0.6 is 0 Å². The summed E-state index contributed by atoms with van der Waals surface area (Å²) in [6, 6.07) is -0.496. The fraction of sp³-hybridized carbons (Fsp3) is 0.833. The lowest BCUT2D eigenvalue weighted by Gasteiger charge is -2.06. The minimum Gasteiger partial charge on any atom is -0.328 e. The summed E-state index contributed by atoms with van der Waals surface area (Å²) in [4.78, 5) is 10.5. The Morgan fingerprint density at radius 1 is 1.55 bits per heavy atom. The second-order valence-electron chi connectivity index (χ2n) is 2.51. The van der Waals surface area contributed by atoms with Gasteiger partial charge >= 0.3 is 6.18 Å². The van der Waals surface area contributed by atoms with Crippen LogP contribution in [0.25, 0.3) is 0 Å². The van der Waals surface area contributed by atoms with E-state index in [0.29, 0.717) is 0 Å². The Morgan fingerprint density at radius 2 is 2.00 bits per heavy atom. The van der Waals surface area contributed by atoms with Crippen molar-refractivity contribution in [3.05, 3.63) is 0 Å². The van der Waals surface area contributed by atoms with Gasteiger partial charge in [0.25, 0.3) is 0 Å². The van der Waals surface area contributed by atoms with Crippen LogP contribution in [0.5, 0.6) is 0 Å². The summed E-state index contributed by atoms with van der Waals surface area (Å²) in [6.07, 6.45) is -5.97. The van der Waals surface area contributed by atoms with Crippen LogP contribution < -0.4 is 5.73 Å². The standard InChI is InChI=1S/C6H10F3NO/c1-4(10)2-5(11)3-6(7,8)9/h4H,2-3,10H2,1H3/t4-/m1/s1. The van der Waals surface area contributed by atoms with E-state index in [4.69, 9.17) is 5.73 Å². The van der Waals surface area contributed by atoms with Gasteiger partial charge in [0.1, 0.15) is 12.2 Å². The van der Waals surface area contributed by atoms with Gasteiger partial charge in [0.2, 0.25) is 0 Å². The van der Waals surface area contributed by atoms with Gasteiger partial charge < -0.3 is 5.73 Å². The van der Waals surface area contributed by atoms with Gasteiger partial charge in [-0.3, -0.25) is 4.79 Å². The van der Waals surface area contributed by atoms with Gasteiger partial charge in [-0.05, 0) is 6.92 Å². The number of nitrogens with two attached hydrogens (primary N) is 1. The number of alkyl halides is 3. The molecule has 11 heavy (non-hydrogen) atoms. The molecule has 0 radical (unpaired) electrons. The zero-order chi connectivity index (χ0) is 9.07. The quantitative estimate of drug-likeness (QED) is 0.690. The zero-order valence-corrected chi connectivity index (χ0v) is 6.11. The maximum atomic E-state index is 11.5. The van der Waals surface area contributed by atoms with Crippen LogP contribution in [0.2, 0.25) is 0 Å². The number of carbonyl (C=O) groups excluding carboxylic acids is 1. The number of carbonyl (C=O) groups is 1. The third-order valence-corrected chi connectivity index (χ3v) is 0.947. The van der Waals surface area contributed by atoms with Crippen LogP contribution in [-0.4, -0.2) is 18.0 Å². The molecule has 1 atom stereocenters. The lowest BCUT2D eigenvalue weighted by molar-refractivity contribution is -0.152. The smallest absolute Gasteiger partial charge is 0.328 e. The Labute approximate surface area is 62.6 Å². The number of hydrogen-bond donors (Lipinski definition) is 1. The molecule has 0 rings (SSSR count). The highest BCUT2D eigenvalue weighted by Crippen LogP contribution is 2.20. The highest BCUT2D eigenvalue weighted by molar-refractivity contribution is 5.79. The second-order valence-corrected chi connectivity index (χ2v) is 2.51. The van der Waals surface area contributed by atoms with Crippen LogP contribution in [0.3, 0.4) is 0 Å². The van der Waals surface area contributed by atoms with E-state index in [-0.39, 0.29) is 6.42 Å². The van der Waals surface area contributed by atoms with Crippen molar-refractivity contribution in [2.75, 3.05) is 0 Å². The molecule has 0 unspecified atom stereocenters. The highest BCUT2D eigenvalue weighted by atomic mass is 19.4. The number of rotatable bonds is 3. The summed E-state index contributed by atoms with van der Waals surface area (Å²) in [6.45, 7) is 1.49. The average molecular weight is 169 g/mol. The Hall–Kier alpha value is -0.580. The Kier molecular flexibility index (Phi) is 3.51. The van der Waals surface area contributed by atoms with Gasteiger partial charge in [-0.2, -0.15) is 13.2 Å². The van der Waals surface area contributed by atoms with Crippen molar-refractivity contribution >= 4 is 5.78 Å². The number of ketones is 1. The largest absolute Gasteiger partial charge is 0.395 e. The maximum absolute atomic E-state index is 11.5. The van der Waals surface area contributed by atoms with E-state index >= 15 is 0 Å². The van der Waals surface area contributed by atoms with Crippen molar-refractivity contribution in [1.29, 1.82) is 0 Å². The van der Waals surface area contributed by atoms with Gasteiger partial charge in [0, 0.05) is 12.5 Å². The van der Waals surface area contributed by atoms with E-state index in [2.05, 4.69) is 0 Å². The monoisotopic (exact) mass is 169 g/mol. The third kappa shape index (κ3) is 7.32. The Morgan fingerprint density at radius 3 is 2.27 bits per heavy atom. The first-order chi connectivity index (χ1) is 4.81. The maximum Gasteiger partial charge on any atom is 0.395 e. The predicted molar refractivity (Wildman–Crippen MR) is 33.9 cm³/mol. The molecule has 0 spiro atoms.